The molecule has 2 heterocycles. The number of aromatic nitrogens is 5. The van der Waals surface area contributed by atoms with Gasteiger partial charge in [-0.1, -0.05) is 48.5 Å². The number of hydrogen-bond acceptors (Lipinski definition) is 4. The second-order valence-corrected chi connectivity index (χ2v) is 7.69. The van der Waals surface area contributed by atoms with Crippen LogP contribution in [0.25, 0.3) is 5.69 Å². The molecule has 2 aromatic carbocycles. The number of nitrogens with zero attached hydrogens (tertiary/aromatic N) is 7. The summed E-state index contributed by atoms with van der Waals surface area (Å²) in [5.74, 6) is 2.54. The number of aryl methyl sites for hydroxylation is 1. The third-order valence-corrected chi connectivity index (χ3v) is 5.28. The molecule has 2 aromatic heterocycles. The van der Waals surface area contributed by atoms with Crippen LogP contribution < -0.4 is 5.32 Å². The first-order chi connectivity index (χ1) is 15.6. The zero-order chi connectivity index (χ0) is 22.3. The van der Waals surface area contributed by atoms with Crippen LogP contribution in [0.1, 0.15) is 22.8 Å². The van der Waals surface area contributed by atoms with Crippen LogP contribution in [0.3, 0.4) is 0 Å². The lowest BCUT2D eigenvalue weighted by molar-refractivity contribution is 0.472. The van der Waals surface area contributed by atoms with E-state index in [-0.39, 0.29) is 0 Å². The van der Waals surface area contributed by atoms with Gasteiger partial charge in [0.1, 0.15) is 5.82 Å². The van der Waals surface area contributed by atoms with Gasteiger partial charge in [0.15, 0.2) is 11.8 Å². The number of para-hydroxylation sites is 1. The van der Waals surface area contributed by atoms with Crippen LogP contribution in [0.4, 0.5) is 0 Å². The highest BCUT2D eigenvalue weighted by Gasteiger charge is 2.12. The molecule has 32 heavy (non-hydrogen) atoms. The number of hydrogen-bond donors (Lipinski definition) is 1. The van der Waals surface area contributed by atoms with Crippen molar-refractivity contribution in [3.63, 3.8) is 0 Å². The fourth-order valence-corrected chi connectivity index (χ4v) is 3.34. The van der Waals surface area contributed by atoms with Crippen LogP contribution in [-0.2, 0) is 26.7 Å². The van der Waals surface area contributed by atoms with E-state index < -0.39 is 0 Å². The lowest BCUT2D eigenvalue weighted by Gasteiger charge is -2.22. The van der Waals surface area contributed by atoms with Crippen molar-refractivity contribution < 1.29 is 0 Å². The molecule has 0 saturated carbocycles. The molecule has 0 aliphatic heterocycles. The van der Waals surface area contributed by atoms with E-state index in [0.29, 0.717) is 19.6 Å². The maximum absolute atomic E-state index is 4.85. The molecule has 0 radical (unpaired) electrons. The van der Waals surface area contributed by atoms with Crippen molar-refractivity contribution >= 4 is 5.96 Å². The normalized spacial score (nSPS) is 11.5. The Morgan fingerprint density at radius 1 is 1.00 bits per heavy atom. The molecule has 0 aliphatic rings. The molecule has 4 rings (SSSR count). The van der Waals surface area contributed by atoms with Gasteiger partial charge in [0.05, 0.1) is 25.0 Å². The standard InChI is InChI=1S/C24H28N8/c1-19-28-29-23(31(19)3)16-26-24(25-14-20-10-6-4-7-11-20)30(2)17-21-15-27-32(18-21)22-12-8-5-9-13-22/h4-13,15,18H,14,16-17H2,1-3H3,(H,25,26). The minimum Gasteiger partial charge on any atom is -0.349 e. The van der Waals surface area contributed by atoms with E-state index in [1.165, 1.54) is 0 Å². The van der Waals surface area contributed by atoms with E-state index in [2.05, 4.69) is 37.6 Å². The summed E-state index contributed by atoms with van der Waals surface area (Å²) in [6.07, 6.45) is 3.94. The number of benzene rings is 2. The van der Waals surface area contributed by atoms with Crippen molar-refractivity contribution in [3.8, 4) is 5.69 Å². The summed E-state index contributed by atoms with van der Waals surface area (Å²) in [6, 6.07) is 20.3. The van der Waals surface area contributed by atoms with Crippen molar-refractivity contribution in [3.05, 3.63) is 95.8 Å². The van der Waals surface area contributed by atoms with Gasteiger partial charge in [0.25, 0.3) is 0 Å². The Kier molecular flexibility index (Phi) is 6.60. The number of rotatable bonds is 7. The van der Waals surface area contributed by atoms with E-state index >= 15 is 0 Å². The van der Waals surface area contributed by atoms with Gasteiger partial charge >= 0.3 is 0 Å². The van der Waals surface area contributed by atoms with Crippen LogP contribution >= 0.6 is 0 Å². The second kappa shape index (κ2) is 9.91. The molecular formula is C24H28N8. The minimum absolute atomic E-state index is 0.540. The second-order valence-electron chi connectivity index (χ2n) is 7.69. The summed E-state index contributed by atoms with van der Waals surface area (Å²) in [6.45, 7) is 3.75. The first kappa shape index (κ1) is 21.3. The van der Waals surface area contributed by atoms with Gasteiger partial charge in [-0.15, -0.1) is 10.2 Å². The average molecular weight is 429 g/mol. The Morgan fingerprint density at radius 2 is 1.72 bits per heavy atom. The molecular weight excluding hydrogens is 400 g/mol. The van der Waals surface area contributed by atoms with E-state index in [1.54, 1.807) is 0 Å². The van der Waals surface area contributed by atoms with E-state index in [1.807, 2.05) is 91.2 Å². The Morgan fingerprint density at radius 3 is 2.41 bits per heavy atom. The summed E-state index contributed by atoms with van der Waals surface area (Å²) in [5.41, 5.74) is 3.29. The molecule has 8 heteroatoms. The van der Waals surface area contributed by atoms with Crippen LogP contribution in [0.2, 0.25) is 0 Å². The van der Waals surface area contributed by atoms with Crippen molar-refractivity contribution in [1.29, 1.82) is 0 Å². The maximum Gasteiger partial charge on any atom is 0.194 e. The Bertz CT molecular complexity index is 1160. The molecule has 0 aliphatic carbocycles. The smallest absolute Gasteiger partial charge is 0.194 e. The molecule has 0 fully saturated rings. The molecule has 4 aromatic rings. The van der Waals surface area contributed by atoms with E-state index in [0.717, 1.165) is 34.4 Å². The van der Waals surface area contributed by atoms with Crippen LogP contribution in [0.15, 0.2) is 78.0 Å². The van der Waals surface area contributed by atoms with Gasteiger partial charge in [-0.2, -0.15) is 5.10 Å². The van der Waals surface area contributed by atoms with Gasteiger partial charge in [-0.3, -0.25) is 0 Å². The summed E-state index contributed by atoms with van der Waals surface area (Å²) < 4.78 is 3.87. The van der Waals surface area contributed by atoms with Gasteiger partial charge in [-0.25, -0.2) is 9.67 Å². The van der Waals surface area contributed by atoms with Crippen molar-refractivity contribution in [2.45, 2.75) is 26.6 Å². The van der Waals surface area contributed by atoms with Gasteiger partial charge < -0.3 is 14.8 Å². The van der Waals surface area contributed by atoms with Gasteiger partial charge in [-0.05, 0) is 24.6 Å². The average Bonchev–Trinajstić information content (AvgIpc) is 3.42. The summed E-state index contributed by atoms with van der Waals surface area (Å²) in [7, 11) is 3.99. The maximum atomic E-state index is 4.85. The van der Waals surface area contributed by atoms with Crippen molar-refractivity contribution in [1.82, 2.24) is 34.8 Å². The molecule has 0 saturated heterocycles. The summed E-state index contributed by atoms with van der Waals surface area (Å²) >= 11 is 0. The van der Waals surface area contributed by atoms with Crippen molar-refractivity contribution in [2.24, 2.45) is 12.0 Å². The van der Waals surface area contributed by atoms with E-state index in [9.17, 15) is 0 Å². The molecule has 0 bridgehead atoms. The summed E-state index contributed by atoms with van der Waals surface area (Å²) in [5, 5.41) is 16.3. The van der Waals surface area contributed by atoms with Crippen LogP contribution in [-0.4, -0.2) is 42.5 Å². The Balaban J connectivity index is 1.49. The SMILES string of the molecule is Cc1nnc(CNC(=NCc2ccccc2)N(C)Cc2cnn(-c3ccccc3)c2)n1C. The predicted molar refractivity (Wildman–Crippen MR) is 125 cm³/mol. The highest BCUT2D eigenvalue weighted by Crippen LogP contribution is 2.10. The third-order valence-electron chi connectivity index (χ3n) is 5.28. The number of nitrogens with one attached hydrogen (secondary N) is 1. The predicted octanol–water partition coefficient (Wildman–Crippen LogP) is 3.09. The number of aliphatic imine (C=N–C) groups is 1. The van der Waals surface area contributed by atoms with Crippen LogP contribution in [0, 0.1) is 6.92 Å². The number of guanidine groups is 1. The monoisotopic (exact) mass is 428 g/mol. The molecule has 0 atom stereocenters. The molecule has 0 amide bonds. The minimum atomic E-state index is 0.540. The lowest BCUT2D eigenvalue weighted by Crippen LogP contribution is -2.38. The topological polar surface area (TPSA) is 76.2 Å². The van der Waals surface area contributed by atoms with Crippen LogP contribution in [0.5, 0.6) is 0 Å². The molecule has 0 unspecified atom stereocenters. The molecule has 0 spiro atoms. The molecule has 1 N–H and O–H groups in total. The fourth-order valence-electron chi connectivity index (χ4n) is 3.34. The van der Waals surface area contributed by atoms with E-state index in [4.69, 9.17) is 4.99 Å². The molecule has 8 nitrogen and oxygen atoms in total. The lowest BCUT2D eigenvalue weighted by atomic mass is 10.2. The largest absolute Gasteiger partial charge is 0.349 e. The highest BCUT2D eigenvalue weighted by molar-refractivity contribution is 5.79. The van der Waals surface area contributed by atoms with Crippen molar-refractivity contribution in [2.75, 3.05) is 7.05 Å². The first-order valence-electron chi connectivity index (χ1n) is 10.6. The van der Waals surface area contributed by atoms with Gasteiger partial charge in [0.2, 0.25) is 0 Å². The third kappa shape index (κ3) is 5.21. The Labute approximate surface area is 188 Å². The fraction of sp³-hybridized carbons (Fsp3) is 0.250. The molecule has 164 valence electrons. The quantitative estimate of drug-likeness (QED) is 0.362. The van der Waals surface area contributed by atoms with Gasteiger partial charge in [0, 0.05) is 32.4 Å². The zero-order valence-corrected chi connectivity index (χ0v) is 18.7. The Hall–Kier alpha value is -3.94. The summed E-state index contributed by atoms with van der Waals surface area (Å²) in [4.78, 5) is 6.95. The highest BCUT2D eigenvalue weighted by atomic mass is 15.3. The zero-order valence-electron chi connectivity index (χ0n) is 18.7. The first-order valence-corrected chi connectivity index (χ1v) is 10.6.